The summed E-state index contributed by atoms with van der Waals surface area (Å²) in [6.07, 6.45) is 0. The standard InChI is InChI=1S/C7H18O2Si/c1-6(2)5-10(8,9)7(3)4/h6-9H,5H2,1-4H3. The van der Waals surface area contributed by atoms with Gasteiger partial charge < -0.3 is 9.59 Å². The molecule has 0 atom stereocenters. The Labute approximate surface area is 64.1 Å². The minimum atomic E-state index is -2.84. The highest BCUT2D eigenvalue weighted by Gasteiger charge is 2.33. The van der Waals surface area contributed by atoms with Gasteiger partial charge >= 0.3 is 8.56 Å². The summed E-state index contributed by atoms with van der Waals surface area (Å²) in [4.78, 5) is 18.9. The van der Waals surface area contributed by atoms with E-state index in [1.54, 1.807) is 0 Å². The quantitative estimate of drug-likeness (QED) is 0.617. The lowest BCUT2D eigenvalue weighted by molar-refractivity contribution is 0.333. The monoisotopic (exact) mass is 162 g/mol. The van der Waals surface area contributed by atoms with Crippen molar-refractivity contribution < 1.29 is 9.59 Å². The van der Waals surface area contributed by atoms with Gasteiger partial charge in [-0.15, -0.1) is 0 Å². The van der Waals surface area contributed by atoms with E-state index in [9.17, 15) is 9.59 Å². The van der Waals surface area contributed by atoms with Crippen LogP contribution in [0.2, 0.25) is 11.6 Å². The Hall–Kier alpha value is 0.137. The average Bonchev–Trinajstić information content (AvgIpc) is 1.60. The molecule has 2 nitrogen and oxygen atoms in total. The Morgan fingerprint density at radius 1 is 1.10 bits per heavy atom. The molecule has 62 valence electrons. The van der Waals surface area contributed by atoms with Crippen molar-refractivity contribution in [2.24, 2.45) is 5.92 Å². The first-order valence-corrected chi connectivity index (χ1v) is 5.99. The molecule has 0 aliphatic carbocycles. The van der Waals surface area contributed by atoms with Crippen LogP contribution in [-0.4, -0.2) is 18.2 Å². The van der Waals surface area contributed by atoms with Crippen LogP contribution in [0.25, 0.3) is 0 Å². The van der Waals surface area contributed by atoms with Crippen LogP contribution >= 0.6 is 0 Å². The SMILES string of the molecule is CC(C)C[Si](O)(O)C(C)C. The van der Waals surface area contributed by atoms with Crippen LogP contribution in [0.3, 0.4) is 0 Å². The van der Waals surface area contributed by atoms with Crippen LogP contribution in [0, 0.1) is 5.92 Å². The van der Waals surface area contributed by atoms with E-state index in [4.69, 9.17) is 0 Å². The third-order valence-corrected chi connectivity index (χ3v) is 4.90. The van der Waals surface area contributed by atoms with Gasteiger partial charge in [0.2, 0.25) is 0 Å². The van der Waals surface area contributed by atoms with Gasteiger partial charge in [-0.25, -0.2) is 0 Å². The van der Waals surface area contributed by atoms with Crippen LogP contribution in [0.15, 0.2) is 0 Å². The lowest BCUT2D eigenvalue weighted by Crippen LogP contribution is -2.39. The molecule has 0 spiro atoms. The highest BCUT2D eigenvalue weighted by molar-refractivity contribution is 6.66. The van der Waals surface area contributed by atoms with E-state index in [-0.39, 0.29) is 5.54 Å². The van der Waals surface area contributed by atoms with Crippen molar-refractivity contribution in [2.45, 2.75) is 39.3 Å². The molecule has 0 aromatic rings. The molecule has 0 radical (unpaired) electrons. The Kier molecular flexibility index (Phi) is 3.55. The maximum absolute atomic E-state index is 9.46. The predicted octanol–water partition coefficient (Wildman–Crippen LogP) is 1.48. The topological polar surface area (TPSA) is 40.5 Å². The van der Waals surface area contributed by atoms with Gasteiger partial charge in [-0.1, -0.05) is 27.7 Å². The lowest BCUT2D eigenvalue weighted by Gasteiger charge is -2.23. The average molecular weight is 162 g/mol. The summed E-state index contributed by atoms with van der Waals surface area (Å²) < 4.78 is 0. The Bertz CT molecular complexity index is 99.8. The Balaban J connectivity index is 3.87. The van der Waals surface area contributed by atoms with E-state index in [1.165, 1.54) is 0 Å². The zero-order chi connectivity index (χ0) is 8.36. The third kappa shape index (κ3) is 3.34. The molecule has 0 saturated carbocycles. The number of rotatable bonds is 3. The first-order chi connectivity index (χ1) is 4.36. The van der Waals surface area contributed by atoms with Crippen LogP contribution < -0.4 is 0 Å². The first-order valence-electron chi connectivity index (χ1n) is 3.81. The molecule has 0 fully saturated rings. The van der Waals surface area contributed by atoms with E-state index in [0.717, 1.165) is 0 Å². The number of hydrogen-bond acceptors (Lipinski definition) is 2. The van der Waals surface area contributed by atoms with Gasteiger partial charge in [0.05, 0.1) is 0 Å². The second-order valence-corrected chi connectivity index (χ2v) is 6.95. The Morgan fingerprint density at radius 2 is 1.50 bits per heavy atom. The highest BCUT2D eigenvalue weighted by Crippen LogP contribution is 2.22. The molecule has 2 N–H and O–H groups in total. The summed E-state index contributed by atoms with van der Waals surface area (Å²) in [6.45, 7) is 7.76. The Morgan fingerprint density at radius 3 is 1.60 bits per heavy atom. The molecular formula is C7H18O2Si. The summed E-state index contributed by atoms with van der Waals surface area (Å²) in [5.41, 5.74) is 0.0508. The second kappa shape index (κ2) is 3.51. The summed E-state index contributed by atoms with van der Waals surface area (Å²) in [5.74, 6) is 0.393. The van der Waals surface area contributed by atoms with Crippen molar-refractivity contribution in [1.82, 2.24) is 0 Å². The molecule has 10 heavy (non-hydrogen) atoms. The van der Waals surface area contributed by atoms with Gasteiger partial charge in [-0.2, -0.15) is 0 Å². The van der Waals surface area contributed by atoms with Crippen LogP contribution in [0.1, 0.15) is 27.7 Å². The van der Waals surface area contributed by atoms with Crippen LogP contribution in [-0.2, 0) is 0 Å². The van der Waals surface area contributed by atoms with Gasteiger partial charge in [0, 0.05) is 0 Å². The zero-order valence-corrected chi connectivity index (χ0v) is 8.26. The fourth-order valence-corrected chi connectivity index (χ4v) is 2.51. The largest absolute Gasteiger partial charge is 0.410 e. The highest BCUT2D eigenvalue weighted by atomic mass is 28.4. The van der Waals surface area contributed by atoms with Crippen LogP contribution in [0.4, 0.5) is 0 Å². The summed E-state index contributed by atoms with van der Waals surface area (Å²) in [7, 11) is -2.84. The van der Waals surface area contributed by atoms with E-state index >= 15 is 0 Å². The van der Waals surface area contributed by atoms with E-state index in [2.05, 4.69) is 0 Å². The molecule has 0 unspecified atom stereocenters. The van der Waals surface area contributed by atoms with Gasteiger partial charge in [-0.3, -0.25) is 0 Å². The molecule has 0 rings (SSSR count). The van der Waals surface area contributed by atoms with Gasteiger partial charge in [-0.05, 0) is 17.5 Å². The summed E-state index contributed by atoms with van der Waals surface area (Å²) >= 11 is 0. The molecule has 0 saturated heterocycles. The minimum Gasteiger partial charge on any atom is -0.410 e. The molecule has 0 bridgehead atoms. The van der Waals surface area contributed by atoms with Crippen LogP contribution in [0.5, 0.6) is 0 Å². The van der Waals surface area contributed by atoms with E-state index < -0.39 is 8.56 Å². The fraction of sp³-hybridized carbons (Fsp3) is 1.00. The maximum atomic E-state index is 9.46. The summed E-state index contributed by atoms with van der Waals surface area (Å²) in [6, 6.07) is 0.588. The van der Waals surface area contributed by atoms with Crippen molar-refractivity contribution in [3.05, 3.63) is 0 Å². The molecule has 0 aliphatic heterocycles. The molecule has 0 heterocycles. The van der Waals surface area contributed by atoms with Gasteiger partial charge in [0.25, 0.3) is 0 Å². The molecular weight excluding hydrogens is 144 g/mol. The van der Waals surface area contributed by atoms with Crippen molar-refractivity contribution in [2.75, 3.05) is 0 Å². The maximum Gasteiger partial charge on any atom is 0.335 e. The summed E-state index contributed by atoms with van der Waals surface area (Å²) in [5, 5.41) is 0. The molecule has 0 aromatic heterocycles. The lowest BCUT2D eigenvalue weighted by atomic mass is 10.3. The van der Waals surface area contributed by atoms with Crippen molar-refractivity contribution in [3.8, 4) is 0 Å². The molecule has 0 aliphatic rings. The number of hydrogen-bond donors (Lipinski definition) is 2. The van der Waals surface area contributed by atoms with Gasteiger partial charge in [0.1, 0.15) is 0 Å². The fourth-order valence-electron chi connectivity index (χ4n) is 0.837. The van der Waals surface area contributed by atoms with Crippen molar-refractivity contribution >= 4 is 8.56 Å². The van der Waals surface area contributed by atoms with Gasteiger partial charge in [0.15, 0.2) is 0 Å². The molecule has 0 aromatic carbocycles. The van der Waals surface area contributed by atoms with Crippen molar-refractivity contribution in [1.29, 1.82) is 0 Å². The van der Waals surface area contributed by atoms with Crippen molar-refractivity contribution in [3.63, 3.8) is 0 Å². The second-order valence-electron chi connectivity index (χ2n) is 3.63. The zero-order valence-electron chi connectivity index (χ0n) is 7.26. The third-order valence-electron chi connectivity index (χ3n) is 1.63. The molecule has 3 heteroatoms. The first kappa shape index (κ1) is 10.1. The normalized spacial score (nSPS) is 13.2. The molecule has 0 amide bonds. The predicted molar refractivity (Wildman–Crippen MR) is 44.9 cm³/mol. The minimum absolute atomic E-state index is 0.0508. The van der Waals surface area contributed by atoms with E-state index in [0.29, 0.717) is 12.0 Å². The van der Waals surface area contributed by atoms with E-state index in [1.807, 2.05) is 27.7 Å². The smallest absolute Gasteiger partial charge is 0.335 e.